The van der Waals surface area contributed by atoms with Crippen LogP contribution in [0.1, 0.15) is 0 Å². The Labute approximate surface area is 124 Å². The number of pyridine rings is 1. The number of nitrogens with zero attached hydrogens (tertiary/aromatic N) is 3. The summed E-state index contributed by atoms with van der Waals surface area (Å²) in [7, 11) is 0. The second kappa shape index (κ2) is 4.39. The zero-order valence-electron chi connectivity index (χ0n) is 10.9. The highest BCUT2D eigenvalue weighted by atomic mass is 32.1. The first kappa shape index (κ1) is 12.0. The highest BCUT2D eigenvalue weighted by Gasteiger charge is 2.13. The average molecular weight is 293 g/mol. The molecule has 3 aromatic heterocycles. The summed E-state index contributed by atoms with van der Waals surface area (Å²) in [6.07, 6.45) is 0. The molecule has 0 saturated heterocycles. The molecule has 0 saturated carbocycles. The van der Waals surface area contributed by atoms with Gasteiger partial charge >= 0.3 is 0 Å². The van der Waals surface area contributed by atoms with Gasteiger partial charge < -0.3 is 11.5 Å². The van der Waals surface area contributed by atoms with Crippen molar-refractivity contribution in [1.82, 2.24) is 15.0 Å². The van der Waals surface area contributed by atoms with E-state index in [2.05, 4.69) is 9.97 Å². The molecule has 0 atom stereocenters. The predicted molar refractivity (Wildman–Crippen MR) is 87.0 cm³/mol. The van der Waals surface area contributed by atoms with Gasteiger partial charge in [0.1, 0.15) is 10.6 Å². The number of anilines is 2. The molecule has 0 aliphatic rings. The predicted octanol–water partition coefficient (Wildman–Crippen LogP) is 3.07. The van der Waals surface area contributed by atoms with E-state index in [0.29, 0.717) is 5.82 Å². The number of benzene rings is 1. The molecule has 6 heteroatoms. The van der Waals surface area contributed by atoms with Crippen molar-refractivity contribution in [3.63, 3.8) is 0 Å². The van der Waals surface area contributed by atoms with Crippen LogP contribution >= 0.6 is 11.3 Å². The largest absolute Gasteiger partial charge is 0.382 e. The van der Waals surface area contributed by atoms with Crippen LogP contribution in [0.25, 0.3) is 31.7 Å². The molecule has 3 heterocycles. The van der Waals surface area contributed by atoms with Crippen molar-refractivity contribution in [2.24, 2.45) is 0 Å². The molecule has 4 rings (SSSR count). The maximum Gasteiger partial charge on any atom is 0.222 e. The Hall–Kier alpha value is -2.73. The Morgan fingerprint density at radius 2 is 1.67 bits per heavy atom. The summed E-state index contributed by atoms with van der Waals surface area (Å²) in [5.41, 5.74) is 14.4. The fraction of sp³-hybridized carbons (Fsp3) is 0. The van der Waals surface area contributed by atoms with Crippen LogP contribution in [0.2, 0.25) is 0 Å². The van der Waals surface area contributed by atoms with E-state index < -0.39 is 0 Å². The number of hydrogen-bond acceptors (Lipinski definition) is 6. The summed E-state index contributed by atoms with van der Waals surface area (Å²) in [6, 6.07) is 14.0. The summed E-state index contributed by atoms with van der Waals surface area (Å²) in [6.45, 7) is 0. The van der Waals surface area contributed by atoms with Crippen molar-refractivity contribution < 1.29 is 0 Å². The number of nitrogens with two attached hydrogens (primary N) is 2. The maximum atomic E-state index is 5.92. The first-order chi connectivity index (χ1) is 10.2. The number of rotatable bonds is 1. The van der Waals surface area contributed by atoms with E-state index in [0.717, 1.165) is 31.7 Å². The second-order valence-electron chi connectivity index (χ2n) is 4.66. The monoisotopic (exact) mass is 293 g/mol. The van der Waals surface area contributed by atoms with Gasteiger partial charge in [-0.2, -0.15) is 4.98 Å². The quantitative estimate of drug-likeness (QED) is 0.563. The van der Waals surface area contributed by atoms with E-state index in [4.69, 9.17) is 16.5 Å². The van der Waals surface area contributed by atoms with E-state index in [-0.39, 0.29) is 5.95 Å². The minimum atomic E-state index is 0.187. The minimum Gasteiger partial charge on any atom is -0.382 e. The molecule has 4 aromatic rings. The molecule has 0 aliphatic heterocycles. The van der Waals surface area contributed by atoms with Crippen molar-refractivity contribution in [3.05, 3.63) is 42.5 Å². The Bertz CT molecular complexity index is 962. The topological polar surface area (TPSA) is 90.7 Å². The smallest absolute Gasteiger partial charge is 0.222 e. The Balaban J connectivity index is 2.01. The van der Waals surface area contributed by atoms with Crippen LogP contribution in [0.4, 0.5) is 11.8 Å². The number of hydrogen-bond donors (Lipinski definition) is 2. The number of nitrogen functional groups attached to an aromatic ring is 2. The van der Waals surface area contributed by atoms with Crippen molar-refractivity contribution in [2.75, 3.05) is 11.5 Å². The maximum absolute atomic E-state index is 5.92. The molecule has 0 aliphatic carbocycles. The van der Waals surface area contributed by atoms with E-state index in [1.165, 1.54) is 11.3 Å². The highest BCUT2D eigenvalue weighted by Crippen LogP contribution is 2.35. The summed E-state index contributed by atoms with van der Waals surface area (Å²) in [5.74, 6) is 0.591. The molecule has 21 heavy (non-hydrogen) atoms. The van der Waals surface area contributed by atoms with Gasteiger partial charge in [0.05, 0.1) is 15.9 Å². The lowest BCUT2D eigenvalue weighted by Crippen LogP contribution is -1.98. The molecular weight excluding hydrogens is 282 g/mol. The molecule has 0 amide bonds. The van der Waals surface area contributed by atoms with Crippen LogP contribution in [0.5, 0.6) is 0 Å². The van der Waals surface area contributed by atoms with E-state index in [1.54, 1.807) is 0 Å². The minimum absolute atomic E-state index is 0.187. The number of thiophene rings is 1. The fourth-order valence-corrected chi connectivity index (χ4v) is 3.35. The third kappa shape index (κ3) is 1.88. The van der Waals surface area contributed by atoms with Gasteiger partial charge in [-0.05, 0) is 12.1 Å². The van der Waals surface area contributed by atoms with E-state index in [9.17, 15) is 0 Å². The number of fused-ring (bicyclic) bond motifs is 3. The second-order valence-corrected chi connectivity index (χ2v) is 5.66. The lowest BCUT2D eigenvalue weighted by Gasteiger charge is -2.00. The normalized spacial score (nSPS) is 11.2. The van der Waals surface area contributed by atoms with Gasteiger partial charge in [0.2, 0.25) is 5.95 Å². The van der Waals surface area contributed by atoms with Crippen LogP contribution in [0.15, 0.2) is 42.5 Å². The fourth-order valence-electron chi connectivity index (χ4n) is 2.33. The molecule has 102 valence electrons. The lowest BCUT2D eigenvalue weighted by atomic mass is 10.1. The standard InChI is InChI=1S/C15H11N5S/c16-13-12-11(19-15(17)20-13)9-6-7-10(18-14(9)21-12)8-4-2-1-3-5-8/h1-7H,(H4,16,17,19,20). The summed E-state index contributed by atoms with van der Waals surface area (Å²) in [4.78, 5) is 13.9. The van der Waals surface area contributed by atoms with E-state index >= 15 is 0 Å². The van der Waals surface area contributed by atoms with Gasteiger partial charge in [-0.25, -0.2) is 9.97 Å². The van der Waals surface area contributed by atoms with Crippen LogP contribution < -0.4 is 11.5 Å². The SMILES string of the molecule is Nc1nc(N)c2sc3nc(-c4ccccc4)ccc3c2n1. The zero-order valence-corrected chi connectivity index (χ0v) is 11.8. The molecule has 0 fully saturated rings. The summed E-state index contributed by atoms with van der Waals surface area (Å²) >= 11 is 1.49. The van der Waals surface area contributed by atoms with E-state index in [1.807, 2.05) is 42.5 Å². The van der Waals surface area contributed by atoms with Crippen molar-refractivity contribution >= 4 is 43.5 Å². The van der Waals surface area contributed by atoms with Crippen LogP contribution in [0, 0.1) is 0 Å². The summed E-state index contributed by atoms with van der Waals surface area (Å²) in [5, 5.41) is 0.954. The zero-order chi connectivity index (χ0) is 14.4. The highest BCUT2D eigenvalue weighted by molar-refractivity contribution is 7.25. The Morgan fingerprint density at radius 3 is 2.48 bits per heavy atom. The van der Waals surface area contributed by atoms with Gasteiger partial charge in [-0.1, -0.05) is 30.3 Å². The molecule has 5 nitrogen and oxygen atoms in total. The third-order valence-corrected chi connectivity index (χ3v) is 4.40. The first-order valence-electron chi connectivity index (χ1n) is 6.40. The molecule has 0 spiro atoms. The first-order valence-corrected chi connectivity index (χ1v) is 7.22. The molecule has 0 radical (unpaired) electrons. The third-order valence-electron chi connectivity index (χ3n) is 3.29. The molecule has 1 aromatic carbocycles. The lowest BCUT2D eigenvalue weighted by molar-refractivity contribution is 1.26. The molecule has 4 N–H and O–H groups in total. The van der Waals surface area contributed by atoms with Crippen LogP contribution in [-0.2, 0) is 0 Å². The molecule has 0 bridgehead atoms. The Kier molecular flexibility index (Phi) is 2.52. The van der Waals surface area contributed by atoms with Gasteiger partial charge in [0, 0.05) is 10.9 Å². The Morgan fingerprint density at radius 1 is 0.857 bits per heavy atom. The van der Waals surface area contributed by atoms with Gasteiger partial charge in [0.25, 0.3) is 0 Å². The van der Waals surface area contributed by atoms with Crippen LogP contribution in [0.3, 0.4) is 0 Å². The van der Waals surface area contributed by atoms with Crippen molar-refractivity contribution in [2.45, 2.75) is 0 Å². The summed E-state index contributed by atoms with van der Waals surface area (Å²) < 4.78 is 0.830. The van der Waals surface area contributed by atoms with Crippen molar-refractivity contribution in [1.29, 1.82) is 0 Å². The number of aromatic nitrogens is 3. The van der Waals surface area contributed by atoms with Crippen molar-refractivity contribution in [3.8, 4) is 11.3 Å². The van der Waals surface area contributed by atoms with Gasteiger partial charge in [-0.3, -0.25) is 0 Å². The average Bonchev–Trinajstić information content (AvgIpc) is 2.86. The van der Waals surface area contributed by atoms with Gasteiger partial charge in [-0.15, -0.1) is 11.3 Å². The van der Waals surface area contributed by atoms with Crippen LogP contribution in [-0.4, -0.2) is 15.0 Å². The van der Waals surface area contributed by atoms with Gasteiger partial charge in [0.15, 0.2) is 0 Å². The molecule has 0 unspecified atom stereocenters. The molecular formula is C15H11N5S.